The lowest BCUT2D eigenvalue weighted by Crippen LogP contribution is -2.10. The van der Waals surface area contributed by atoms with E-state index in [-0.39, 0.29) is 0 Å². The molecule has 0 saturated heterocycles. The first kappa shape index (κ1) is 10.0. The Labute approximate surface area is 91.1 Å². The Hall–Kier alpha value is -1.50. The highest BCUT2D eigenvalue weighted by atomic mass is 14.9. The van der Waals surface area contributed by atoms with Crippen LogP contribution in [0.1, 0.15) is 19.4 Å². The van der Waals surface area contributed by atoms with Crippen molar-refractivity contribution in [1.82, 2.24) is 0 Å². The molecule has 2 rings (SSSR count). The molecular weight excluding hydrogens is 182 g/mol. The van der Waals surface area contributed by atoms with E-state index in [0.717, 1.165) is 0 Å². The fourth-order valence-electron chi connectivity index (χ4n) is 1.89. The standard InChI is InChI=1S/C14H17N/c1-10(2)15-14-9-11(3)8-12-6-4-5-7-13(12)14/h4-10,15H,1-3H3. The van der Waals surface area contributed by atoms with Crippen molar-refractivity contribution >= 4 is 16.5 Å². The highest BCUT2D eigenvalue weighted by Gasteiger charge is 2.02. The van der Waals surface area contributed by atoms with Crippen LogP contribution in [-0.4, -0.2) is 6.04 Å². The van der Waals surface area contributed by atoms with Crippen molar-refractivity contribution in [3.8, 4) is 0 Å². The molecule has 0 fully saturated rings. The second kappa shape index (κ2) is 3.93. The predicted molar refractivity (Wildman–Crippen MR) is 67.4 cm³/mol. The fourth-order valence-corrected chi connectivity index (χ4v) is 1.89. The maximum atomic E-state index is 3.49. The zero-order valence-corrected chi connectivity index (χ0v) is 9.54. The van der Waals surface area contributed by atoms with Gasteiger partial charge in [0.15, 0.2) is 0 Å². The summed E-state index contributed by atoms with van der Waals surface area (Å²) in [6, 6.07) is 13.4. The largest absolute Gasteiger partial charge is 0.382 e. The van der Waals surface area contributed by atoms with Gasteiger partial charge in [0.05, 0.1) is 0 Å². The second-order valence-corrected chi connectivity index (χ2v) is 4.33. The van der Waals surface area contributed by atoms with Crippen LogP contribution in [0.25, 0.3) is 10.8 Å². The summed E-state index contributed by atoms with van der Waals surface area (Å²) in [5, 5.41) is 6.10. The van der Waals surface area contributed by atoms with E-state index in [4.69, 9.17) is 0 Å². The van der Waals surface area contributed by atoms with Crippen LogP contribution < -0.4 is 5.32 Å². The average molecular weight is 199 g/mol. The van der Waals surface area contributed by atoms with Crippen molar-refractivity contribution < 1.29 is 0 Å². The zero-order chi connectivity index (χ0) is 10.8. The zero-order valence-electron chi connectivity index (χ0n) is 9.54. The molecule has 1 heteroatoms. The van der Waals surface area contributed by atoms with Crippen molar-refractivity contribution in [2.45, 2.75) is 26.8 Å². The Kier molecular flexibility index (Phi) is 2.63. The minimum absolute atomic E-state index is 0.468. The number of hydrogen-bond donors (Lipinski definition) is 1. The molecule has 0 unspecified atom stereocenters. The second-order valence-electron chi connectivity index (χ2n) is 4.33. The quantitative estimate of drug-likeness (QED) is 0.771. The van der Waals surface area contributed by atoms with Gasteiger partial charge in [-0.15, -0.1) is 0 Å². The van der Waals surface area contributed by atoms with Crippen LogP contribution in [0, 0.1) is 6.92 Å². The van der Waals surface area contributed by atoms with E-state index in [2.05, 4.69) is 62.5 Å². The van der Waals surface area contributed by atoms with Gasteiger partial charge in [-0.1, -0.05) is 30.3 Å². The van der Waals surface area contributed by atoms with Crippen LogP contribution in [0.15, 0.2) is 36.4 Å². The number of rotatable bonds is 2. The summed E-state index contributed by atoms with van der Waals surface area (Å²) in [4.78, 5) is 0. The van der Waals surface area contributed by atoms with Crippen molar-refractivity contribution in [2.75, 3.05) is 5.32 Å². The van der Waals surface area contributed by atoms with Gasteiger partial charge < -0.3 is 5.32 Å². The maximum absolute atomic E-state index is 3.49. The van der Waals surface area contributed by atoms with E-state index in [1.54, 1.807) is 0 Å². The summed E-state index contributed by atoms with van der Waals surface area (Å²) < 4.78 is 0. The summed E-state index contributed by atoms with van der Waals surface area (Å²) in [6.07, 6.45) is 0. The third-order valence-corrected chi connectivity index (χ3v) is 2.45. The molecule has 2 aromatic rings. The minimum atomic E-state index is 0.468. The lowest BCUT2D eigenvalue weighted by molar-refractivity contribution is 0.901. The van der Waals surface area contributed by atoms with Gasteiger partial charge in [0, 0.05) is 17.1 Å². The van der Waals surface area contributed by atoms with Crippen molar-refractivity contribution in [2.24, 2.45) is 0 Å². The Morgan fingerprint density at radius 1 is 1.07 bits per heavy atom. The molecule has 0 amide bonds. The van der Waals surface area contributed by atoms with E-state index in [1.807, 2.05) is 0 Å². The van der Waals surface area contributed by atoms with Gasteiger partial charge in [-0.2, -0.15) is 0 Å². The lowest BCUT2D eigenvalue weighted by Gasteiger charge is -2.13. The van der Waals surface area contributed by atoms with Gasteiger partial charge in [0.2, 0.25) is 0 Å². The summed E-state index contributed by atoms with van der Waals surface area (Å²) in [5.74, 6) is 0. The molecule has 0 bridgehead atoms. The van der Waals surface area contributed by atoms with Gasteiger partial charge in [-0.05, 0) is 37.8 Å². The summed E-state index contributed by atoms with van der Waals surface area (Å²) in [5.41, 5.74) is 2.54. The topological polar surface area (TPSA) is 12.0 Å². The van der Waals surface area contributed by atoms with E-state index in [0.29, 0.717) is 6.04 Å². The average Bonchev–Trinajstić information content (AvgIpc) is 2.16. The first-order valence-electron chi connectivity index (χ1n) is 5.43. The molecule has 0 atom stereocenters. The molecule has 0 aromatic heterocycles. The van der Waals surface area contributed by atoms with Gasteiger partial charge in [0.1, 0.15) is 0 Å². The summed E-state index contributed by atoms with van der Waals surface area (Å²) in [7, 11) is 0. The van der Waals surface area contributed by atoms with Crippen LogP contribution in [-0.2, 0) is 0 Å². The number of anilines is 1. The van der Waals surface area contributed by atoms with Crippen molar-refractivity contribution in [1.29, 1.82) is 0 Å². The van der Waals surface area contributed by atoms with Crippen LogP contribution in [0.5, 0.6) is 0 Å². The van der Waals surface area contributed by atoms with E-state index in [9.17, 15) is 0 Å². The molecule has 0 aliphatic heterocycles. The van der Waals surface area contributed by atoms with Crippen molar-refractivity contribution in [3.05, 3.63) is 42.0 Å². The molecule has 0 saturated carbocycles. The molecule has 2 aromatic carbocycles. The van der Waals surface area contributed by atoms with Crippen LogP contribution >= 0.6 is 0 Å². The third kappa shape index (κ3) is 2.12. The van der Waals surface area contributed by atoms with Gasteiger partial charge in [0.25, 0.3) is 0 Å². The number of nitrogens with one attached hydrogen (secondary N) is 1. The first-order valence-corrected chi connectivity index (χ1v) is 5.43. The molecule has 78 valence electrons. The number of aryl methyl sites for hydroxylation is 1. The smallest absolute Gasteiger partial charge is 0.0424 e. The lowest BCUT2D eigenvalue weighted by atomic mass is 10.1. The molecule has 15 heavy (non-hydrogen) atoms. The predicted octanol–water partition coefficient (Wildman–Crippen LogP) is 3.97. The van der Waals surface area contributed by atoms with Crippen LogP contribution in [0.2, 0.25) is 0 Å². The highest BCUT2D eigenvalue weighted by Crippen LogP contribution is 2.25. The molecule has 1 nitrogen and oxygen atoms in total. The van der Waals surface area contributed by atoms with E-state index in [1.165, 1.54) is 22.0 Å². The Balaban J connectivity index is 2.60. The molecule has 0 aliphatic carbocycles. The van der Waals surface area contributed by atoms with Crippen molar-refractivity contribution in [3.63, 3.8) is 0 Å². The summed E-state index contributed by atoms with van der Waals surface area (Å²) >= 11 is 0. The number of hydrogen-bond acceptors (Lipinski definition) is 1. The SMILES string of the molecule is Cc1cc(NC(C)C)c2ccccc2c1. The fraction of sp³-hybridized carbons (Fsp3) is 0.286. The maximum Gasteiger partial charge on any atom is 0.0424 e. The molecule has 0 radical (unpaired) electrons. The monoisotopic (exact) mass is 199 g/mol. The highest BCUT2D eigenvalue weighted by molar-refractivity contribution is 5.94. The van der Waals surface area contributed by atoms with Crippen LogP contribution in [0.4, 0.5) is 5.69 Å². The van der Waals surface area contributed by atoms with E-state index < -0.39 is 0 Å². The van der Waals surface area contributed by atoms with Crippen LogP contribution in [0.3, 0.4) is 0 Å². The molecule has 0 heterocycles. The van der Waals surface area contributed by atoms with Gasteiger partial charge in [-0.3, -0.25) is 0 Å². The minimum Gasteiger partial charge on any atom is -0.382 e. The normalized spacial score (nSPS) is 10.9. The summed E-state index contributed by atoms with van der Waals surface area (Å²) in [6.45, 7) is 6.46. The number of benzene rings is 2. The molecule has 0 spiro atoms. The third-order valence-electron chi connectivity index (χ3n) is 2.45. The van der Waals surface area contributed by atoms with E-state index >= 15 is 0 Å². The molecule has 1 N–H and O–H groups in total. The Morgan fingerprint density at radius 2 is 1.80 bits per heavy atom. The first-order chi connectivity index (χ1) is 7.16. The number of fused-ring (bicyclic) bond motifs is 1. The van der Waals surface area contributed by atoms with Gasteiger partial charge >= 0.3 is 0 Å². The Morgan fingerprint density at radius 3 is 2.53 bits per heavy atom. The Bertz CT molecular complexity index is 472. The molecular formula is C14H17N. The van der Waals surface area contributed by atoms with Gasteiger partial charge in [-0.25, -0.2) is 0 Å². The molecule has 0 aliphatic rings.